The van der Waals surface area contributed by atoms with Crippen LogP contribution in [-0.4, -0.2) is 10.8 Å². The standard InChI is InChI=1S/C19H12ClFN2OS/c1-11-2-3-13(8-16(11)21)18(24)15(9-22)19-23-17(10-25-19)12-4-6-14(20)7-5-12/h2-8,10,15H,1H3. The Kier molecular flexibility index (Phi) is 4.93. The monoisotopic (exact) mass is 370 g/mol. The number of thiazole rings is 1. The third-order valence-corrected chi connectivity index (χ3v) is 4.92. The number of hydrogen-bond donors (Lipinski definition) is 0. The van der Waals surface area contributed by atoms with E-state index in [1.807, 2.05) is 18.2 Å². The summed E-state index contributed by atoms with van der Waals surface area (Å²) in [6.07, 6.45) is 0. The predicted octanol–water partition coefficient (Wildman–Crippen LogP) is 5.40. The van der Waals surface area contributed by atoms with E-state index in [4.69, 9.17) is 11.6 Å². The van der Waals surface area contributed by atoms with Gasteiger partial charge in [0.1, 0.15) is 10.8 Å². The van der Waals surface area contributed by atoms with E-state index in [0.29, 0.717) is 21.3 Å². The van der Waals surface area contributed by atoms with Crippen LogP contribution >= 0.6 is 22.9 Å². The molecule has 3 rings (SSSR count). The first-order chi connectivity index (χ1) is 12.0. The number of nitriles is 1. The quantitative estimate of drug-likeness (QED) is 0.577. The zero-order valence-corrected chi connectivity index (χ0v) is 14.7. The lowest BCUT2D eigenvalue weighted by Crippen LogP contribution is -2.11. The summed E-state index contributed by atoms with van der Waals surface area (Å²) < 4.78 is 13.7. The van der Waals surface area contributed by atoms with E-state index in [-0.39, 0.29) is 5.56 Å². The first-order valence-corrected chi connectivity index (χ1v) is 8.66. The number of rotatable bonds is 4. The molecule has 0 aliphatic carbocycles. The number of aromatic nitrogens is 1. The topological polar surface area (TPSA) is 53.8 Å². The smallest absolute Gasteiger partial charge is 0.187 e. The first-order valence-electron chi connectivity index (χ1n) is 7.41. The summed E-state index contributed by atoms with van der Waals surface area (Å²) in [5.74, 6) is -1.99. The fourth-order valence-corrected chi connectivity index (χ4v) is 3.31. The fourth-order valence-electron chi connectivity index (χ4n) is 2.31. The van der Waals surface area contributed by atoms with Crippen molar-refractivity contribution in [3.05, 3.63) is 74.8 Å². The number of nitrogens with zero attached hydrogens (tertiary/aromatic N) is 2. The number of carbonyl (C=O) groups is 1. The van der Waals surface area contributed by atoms with E-state index in [1.165, 1.54) is 23.5 Å². The highest BCUT2D eigenvalue weighted by Gasteiger charge is 2.25. The molecule has 3 nitrogen and oxygen atoms in total. The lowest BCUT2D eigenvalue weighted by molar-refractivity contribution is 0.0978. The number of benzene rings is 2. The van der Waals surface area contributed by atoms with Crippen molar-refractivity contribution in [3.8, 4) is 17.3 Å². The van der Waals surface area contributed by atoms with Gasteiger partial charge in [-0.1, -0.05) is 35.9 Å². The van der Waals surface area contributed by atoms with Crippen molar-refractivity contribution in [1.82, 2.24) is 4.98 Å². The molecule has 0 aliphatic heterocycles. The fraction of sp³-hybridized carbons (Fsp3) is 0.105. The molecule has 0 spiro atoms. The van der Waals surface area contributed by atoms with Crippen LogP contribution in [0.15, 0.2) is 47.8 Å². The molecule has 124 valence electrons. The molecule has 1 aromatic heterocycles. The zero-order valence-electron chi connectivity index (χ0n) is 13.2. The summed E-state index contributed by atoms with van der Waals surface area (Å²) in [7, 11) is 0. The largest absolute Gasteiger partial charge is 0.292 e. The SMILES string of the molecule is Cc1ccc(C(=O)C(C#N)c2nc(-c3ccc(Cl)cc3)cs2)cc1F. The number of Topliss-reactive ketones (excluding diaryl/α,β-unsaturated/α-hetero) is 1. The lowest BCUT2D eigenvalue weighted by Gasteiger charge is -2.06. The van der Waals surface area contributed by atoms with Gasteiger partial charge >= 0.3 is 0 Å². The Morgan fingerprint density at radius 3 is 2.64 bits per heavy atom. The van der Waals surface area contributed by atoms with Gasteiger partial charge in [-0.05, 0) is 30.7 Å². The molecule has 0 aliphatic rings. The molecule has 25 heavy (non-hydrogen) atoms. The van der Waals surface area contributed by atoms with Crippen LogP contribution in [0.25, 0.3) is 11.3 Å². The van der Waals surface area contributed by atoms with Gasteiger partial charge in [-0.15, -0.1) is 11.3 Å². The van der Waals surface area contributed by atoms with Crippen LogP contribution in [0.5, 0.6) is 0 Å². The average Bonchev–Trinajstić information content (AvgIpc) is 3.08. The Balaban J connectivity index is 1.91. The molecule has 1 unspecified atom stereocenters. The minimum absolute atomic E-state index is 0.165. The second-order valence-corrected chi connectivity index (χ2v) is 6.79. The molecule has 2 aromatic carbocycles. The minimum Gasteiger partial charge on any atom is -0.292 e. The Bertz CT molecular complexity index is 976. The maximum atomic E-state index is 13.7. The molecule has 6 heteroatoms. The molecule has 3 aromatic rings. The van der Waals surface area contributed by atoms with Gasteiger partial charge in [0.05, 0.1) is 11.8 Å². The van der Waals surface area contributed by atoms with Gasteiger partial charge in [0.25, 0.3) is 0 Å². The number of halogens is 2. The van der Waals surface area contributed by atoms with Gasteiger partial charge in [-0.25, -0.2) is 9.37 Å². The van der Waals surface area contributed by atoms with Gasteiger partial charge in [-0.2, -0.15) is 5.26 Å². The summed E-state index contributed by atoms with van der Waals surface area (Å²) in [4.78, 5) is 17.0. The zero-order chi connectivity index (χ0) is 18.0. The molecule has 0 saturated heterocycles. The molecule has 0 saturated carbocycles. The highest BCUT2D eigenvalue weighted by Crippen LogP contribution is 2.29. The van der Waals surface area contributed by atoms with Gasteiger partial charge in [0.15, 0.2) is 11.7 Å². The van der Waals surface area contributed by atoms with Gasteiger partial charge < -0.3 is 0 Å². The summed E-state index contributed by atoms with van der Waals surface area (Å²) in [5.41, 5.74) is 2.12. The number of aryl methyl sites for hydroxylation is 1. The van der Waals surface area contributed by atoms with Crippen molar-refractivity contribution in [2.45, 2.75) is 12.8 Å². The third-order valence-electron chi connectivity index (χ3n) is 3.76. The number of ketones is 1. The summed E-state index contributed by atoms with van der Waals surface area (Å²) in [6, 6.07) is 13.3. The van der Waals surface area contributed by atoms with E-state index in [1.54, 1.807) is 24.4 Å². The van der Waals surface area contributed by atoms with Crippen LogP contribution in [0.4, 0.5) is 4.39 Å². The van der Waals surface area contributed by atoms with Crippen LogP contribution in [-0.2, 0) is 0 Å². The molecule has 0 bridgehead atoms. The van der Waals surface area contributed by atoms with Crippen molar-refractivity contribution >= 4 is 28.7 Å². The molecular weight excluding hydrogens is 359 g/mol. The van der Waals surface area contributed by atoms with Crippen LogP contribution < -0.4 is 0 Å². The van der Waals surface area contributed by atoms with Crippen LogP contribution in [0.1, 0.15) is 26.8 Å². The Labute approximate surface area is 153 Å². The second-order valence-electron chi connectivity index (χ2n) is 5.47. The second kappa shape index (κ2) is 7.14. The highest BCUT2D eigenvalue weighted by atomic mass is 35.5. The van der Waals surface area contributed by atoms with E-state index in [9.17, 15) is 14.4 Å². The molecule has 0 amide bonds. The highest BCUT2D eigenvalue weighted by molar-refractivity contribution is 7.10. The van der Waals surface area contributed by atoms with Gasteiger partial charge in [0.2, 0.25) is 0 Å². The van der Waals surface area contributed by atoms with E-state index in [0.717, 1.165) is 11.6 Å². The molecule has 0 radical (unpaired) electrons. The van der Waals surface area contributed by atoms with Crippen LogP contribution in [0, 0.1) is 24.1 Å². The average molecular weight is 371 g/mol. The van der Waals surface area contributed by atoms with Gasteiger partial charge in [0, 0.05) is 21.5 Å². The Morgan fingerprint density at radius 2 is 2.00 bits per heavy atom. The van der Waals surface area contributed by atoms with Crippen molar-refractivity contribution in [2.75, 3.05) is 0 Å². The van der Waals surface area contributed by atoms with Gasteiger partial charge in [-0.3, -0.25) is 4.79 Å². The maximum absolute atomic E-state index is 13.7. The third kappa shape index (κ3) is 3.60. The molecule has 0 fully saturated rings. The first kappa shape index (κ1) is 17.3. The molecule has 1 heterocycles. The van der Waals surface area contributed by atoms with Crippen molar-refractivity contribution < 1.29 is 9.18 Å². The Hall–Kier alpha value is -2.55. The molecular formula is C19H12ClFN2OS. The number of hydrogen-bond acceptors (Lipinski definition) is 4. The normalized spacial score (nSPS) is 11.8. The summed E-state index contributed by atoms with van der Waals surface area (Å²) in [6.45, 7) is 1.62. The molecule has 1 atom stereocenters. The summed E-state index contributed by atoms with van der Waals surface area (Å²) in [5, 5.41) is 12.2. The van der Waals surface area contributed by atoms with Crippen molar-refractivity contribution in [3.63, 3.8) is 0 Å². The van der Waals surface area contributed by atoms with Crippen LogP contribution in [0.3, 0.4) is 0 Å². The minimum atomic E-state index is -1.06. The van der Waals surface area contributed by atoms with Crippen molar-refractivity contribution in [1.29, 1.82) is 5.26 Å². The summed E-state index contributed by atoms with van der Waals surface area (Å²) >= 11 is 7.10. The van der Waals surface area contributed by atoms with E-state index < -0.39 is 17.5 Å². The maximum Gasteiger partial charge on any atom is 0.187 e. The lowest BCUT2D eigenvalue weighted by atomic mass is 9.98. The Morgan fingerprint density at radius 1 is 1.28 bits per heavy atom. The predicted molar refractivity (Wildman–Crippen MR) is 96.4 cm³/mol. The van der Waals surface area contributed by atoms with Crippen LogP contribution in [0.2, 0.25) is 5.02 Å². The molecule has 0 N–H and O–H groups in total. The van der Waals surface area contributed by atoms with E-state index in [2.05, 4.69) is 4.98 Å². The van der Waals surface area contributed by atoms with E-state index >= 15 is 0 Å². The van der Waals surface area contributed by atoms with Crippen molar-refractivity contribution in [2.24, 2.45) is 0 Å². The number of carbonyl (C=O) groups excluding carboxylic acids is 1.